The molecule has 0 fully saturated rings. The molecule has 0 saturated heterocycles. The van der Waals surface area contributed by atoms with E-state index in [-0.39, 0.29) is 12.2 Å². The van der Waals surface area contributed by atoms with Crippen LogP contribution in [0, 0.1) is 0 Å². The number of aliphatic hydroxyl groups is 1. The maximum atomic E-state index is 12.2. The fourth-order valence-electron chi connectivity index (χ4n) is 2.23. The van der Waals surface area contributed by atoms with Gasteiger partial charge in [0.1, 0.15) is 23.9 Å². The fraction of sp³-hybridized carbons (Fsp3) is 0.444. The highest BCUT2D eigenvalue weighted by Gasteiger charge is 2.27. The van der Waals surface area contributed by atoms with Crippen LogP contribution in [0.25, 0.3) is 0 Å². The molecule has 4 atom stereocenters. The first kappa shape index (κ1) is 23.9. The molecule has 1 rings (SSSR count). The predicted molar refractivity (Wildman–Crippen MR) is 102 cm³/mol. The number of aromatic hydroxyl groups is 1. The Hall–Kier alpha value is -3.18. The summed E-state index contributed by atoms with van der Waals surface area (Å²) in [5.74, 6) is -3.43. The average molecular weight is 410 g/mol. The lowest BCUT2D eigenvalue weighted by molar-refractivity contribution is -0.142. The van der Waals surface area contributed by atoms with Gasteiger partial charge in [0.25, 0.3) is 0 Å². The van der Waals surface area contributed by atoms with Crippen molar-refractivity contribution < 1.29 is 34.5 Å². The summed E-state index contributed by atoms with van der Waals surface area (Å²) in [5, 5.41) is 34.1. The second-order valence-electron chi connectivity index (χ2n) is 6.52. The normalized spacial score (nSPS) is 14.8. The van der Waals surface area contributed by atoms with E-state index in [1.807, 2.05) is 0 Å². The van der Waals surface area contributed by atoms with Gasteiger partial charge in [0.2, 0.25) is 17.7 Å². The molecule has 0 heterocycles. The number of rotatable bonds is 10. The molecule has 29 heavy (non-hydrogen) atoms. The largest absolute Gasteiger partial charge is 0.508 e. The van der Waals surface area contributed by atoms with Crippen molar-refractivity contribution in [2.75, 3.05) is 6.61 Å². The average Bonchev–Trinajstić information content (AvgIpc) is 2.67. The molecule has 1 aromatic rings. The van der Waals surface area contributed by atoms with Crippen LogP contribution in [0.3, 0.4) is 0 Å². The maximum absolute atomic E-state index is 12.2. The third-order valence-corrected chi connectivity index (χ3v) is 4.03. The minimum absolute atomic E-state index is 0.0808. The number of benzene rings is 1. The highest BCUT2D eigenvalue weighted by atomic mass is 16.4. The molecule has 0 bridgehead atoms. The van der Waals surface area contributed by atoms with E-state index >= 15 is 0 Å². The summed E-state index contributed by atoms with van der Waals surface area (Å²) in [7, 11) is 0. The van der Waals surface area contributed by atoms with Crippen LogP contribution in [0.2, 0.25) is 0 Å². The summed E-state index contributed by atoms with van der Waals surface area (Å²) >= 11 is 0. The zero-order valence-electron chi connectivity index (χ0n) is 16.1. The number of nitrogens with two attached hydrogens (primary N) is 1. The SMILES string of the molecule is CC(NC(=O)C(CO)NC(=O)C(C)NC(=O)C(N)Cc1ccc(O)cc1)C(=O)O. The topological polar surface area (TPSA) is 191 Å². The molecule has 3 amide bonds. The summed E-state index contributed by atoms with van der Waals surface area (Å²) in [6.07, 6.45) is 0.176. The summed E-state index contributed by atoms with van der Waals surface area (Å²) in [6, 6.07) is 1.54. The quantitative estimate of drug-likeness (QED) is 0.227. The summed E-state index contributed by atoms with van der Waals surface area (Å²) < 4.78 is 0. The van der Waals surface area contributed by atoms with E-state index in [1.165, 1.54) is 26.0 Å². The molecule has 0 saturated carbocycles. The Kier molecular flexibility index (Phi) is 9.03. The molecule has 0 aliphatic rings. The maximum Gasteiger partial charge on any atom is 0.325 e. The van der Waals surface area contributed by atoms with Gasteiger partial charge in [-0.3, -0.25) is 19.2 Å². The number of phenolic OH excluding ortho intramolecular Hbond substituents is 1. The van der Waals surface area contributed by atoms with Crippen molar-refractivity contribution in [3.63, 3.8) is 0 Å². The number of carboxylic acid groups (broad SMARTS) is 1. The van der Waals surface area contributed by atoms with Crippen molar-refractivity contribution in [1.29, 1.82) is 0 Å². The van der Waals surface area contributed by atoms with E-state index in [4.69, 9.17) is 10.8 Å². The standard InChI is InChI=1S/C18H26N4O7/c1-9(15(25)22-14(8-23)17(27)21-10(2)18(28)29)20-16(26)13(19)7-11-3-5-12(24)6-4-11/h3-6,9-10,13-14,23-24H,7-8,19H2,1-2H3,(H,20,26)(H,21,27)(H,22,25)(H,28,29). The van der Waals surface area contributed by atoms with Gasteiger partial charge >= 0.3 is 5.97 Å². The zero-order valence-corrected chi connectivity index (χ0v) is 16.1. The number of nitrogens with one attached hydrogen (secondary N) is 3. The van der Waals surface area contributed by atoms with Gasteiger partial charge in [-0.25, -0.2) is 0 Å². The number of carbonyl (C=O) groups excluding carboxylic acids is 3. The lowest BCUT2D eigenvalue weighted by Gasteiger charge is -2.21. The number of carboxylic acids is 1. The van der Waals surface area contributed by atoms with Gasteiger partial charge in [0, 0.05) is 0 Å². The van der Waals surface area contributed by atoms with Gasteiger partial charge in [0.15, 0.2) is 0 Å². The molecule has 11 nitrogen and oxygen atoms in total. The minimum Gasteiger partial charge on any atom is -0.508 e. The number of aliphatic carboxylic acids is 1. The third-order valence-electron chi connectivity index (χ3n) is 4.03. The Bertz CT molecular complexity index is 738. The van der Waals surface area contributed by atoms with Crippen LogP contribution in [0.5, 0.6) is 5.75 Å². The van der Waals surface area contributed by atoms with Gasteiger partial charge in [-0.1, -0.05) is 12.1 Å². The second kappa shape index (κ2) is 11.0. The van der Waals surface area contributed by atoms with Crippen LogP contribution < -0.4 is 21.7 Å². The van der Waals surface area contributed by atoms with Crippen LogP contribution in [0.4, 0.5) is 0 Å². The molecule has 4 unspecified atom stereocenters. The van der Waals surface area contributed by atoms with Crippen LogP contribution >= 0.6 is 0 Å². The van der Waals surface area contributed by atoms with Crippen LogP contribution in [0.15, 0.2) is 24.3 Å². The first-order chi connectivity index (χ1) is 13.5. The molecule has 0 radical (unpaired) electrons. The lowest BCUT2D eigenvalue weighted by Crippen LogP contribution is -2.57. The van der Waals surface area contributed by atoms with Crippen molar-refractivity contribution in [1.82, 2.24) is 16.0 Å². The Morgan fingerprint density at radius 1 is 0.931 bits per heavy atom. The number of hydrogen-bond donors (Lipinski definition) is 7. The van der Waals surface area contributed by atoms with Crippen molar-refractivity contribution in [3.8, 4) is 5.75 Å². The number of phenols is 1. The number of aliphatic hydroxyl groups excluding tert-OH is 1. The Morgan fingerprint density at radius 3 is 2.00 bits per heavy atom. The first-order valence-electron chi connectivity index (χ1n) is 8.83. The predicted octanol–water partition coefficient (Wildman–Crippen LogP) is -2.17. The minimum atomic E-state index is -1.38. The summed E-state index contributed by atoms with van der Waals surface area (Å²) in [5.41, 5.74) is 6.54. The summed E-state index contributed by atoms with van der Waals surface area (Å²) in [6.45, 7) is 1.84. The molecular formula is C18H26N4O7. The Morgan fingerprint density at radius 2 is 1.48 bits per heavy atom. The second-order valence-corrected chi connectivity index (χ2v) is 6.52. The smallest absolute Gasteiger partial charge is 0.325 e. The number of carbonyl (C=O) groups is 4. The fourth-order valence-corrected chi connectivity index (χ4v) is 2.23. The van der Waals surface area contributed by atoms with Crippen molar-refractivity contribution in [3.05, 3.63) is 29.8 Å². The van der Waals surface area contributed by atoms with Crippen LogP contribution in [0.1, 0.15) is 19.4 Å². The molecule has 0 spiro atoms. The molecule has 160 valence electrons. The Labute approximate surface area is 167 Å². The monoisotopic (exact) mass is 410 g/mol. The van der Waals surface area contributed by atoms with E-state index in [0.717, 1.165) is 0 Å². The molecule has 0 aromatic heterocycles. The number of amides is 3. The molecule has 8 N–H and O–H groups in total. The number of hydrogen-bond acceptors (Lipinski definition) is 7. The van der Waals surface area contributed by atoms with E-state index < -0.39 is 54.5 Å². The molecule has 0 aliphatic heterocycles. The van der Waals surface area contributed by atoms with Crippen molar-refractivity contribution in [2.24, 2.45) is 5.73 Å². The summed E-state index contributed by atoms with van der Waals surface area (Å²) in [4.78, 5) is 47.1. The highest BCUT2D eigenvalue weighted by molar-refractivity contribution is 5.93. The van der Waals surface area contributed by atoms with E-state index in [0.29, 0.717) is 5.56 Å². The first-order valence-corrected chi connectivity index (χ1v) is 8.83. The van der Waals surface area contributed by atoms with Gasteiger partial charge in [-0.05, 0) is 38.0 Å². The van der Waals surface area contributed by atoms with E-state index in [2.05, 4.69) is 16.0 Å². The lowest BCUT2D eigenvalue weighted by atomic mass is 10.1. The molecule has 1 aromatic carbocycles. The molecule has 11 heteroatoms. The zero-order chi connectivity index (χ0) is 22.1. The third kappa shape index (κ3) is 7.76. The highest BCUT2D eigenvalue weighted by Crippen LogP contribution is 2.10. The molecule has 0 aliphatic carbocycles. The van der Waals surface area contributed by atoms with Gasteiger partial charge < -0.3 is 37.0 Å². The van der Waals surface area contributed by atoms with Gasteiger partial charge in [-0.15, -0.1) is 0 Å². The van der Waals surface area contributed by atoms with Gasteiger partial charge in [0.05, 0.1) is 12.6 Å². The van der Waals surface area contributed by atoms with E-state index in [1.54, 1.807) is 12.1 Å². The van der Waals surface area contributed by atoms with Gasteiger partial charge in [-0.2, -0.15) is 0 Å². The van der Waals surface area contributed by atoms with Crippen molar-refractivity contribution in [2.45, 2.75) is 44.4 Å². The van der Waals surface area contributed by atoms with Crippen LogP contribution in [-0.2, 0) is 25.6 Å². The Balaban J connectivity index is 2.58. The van der Waals surface area contributed by atoms with Crippen LogP contribution in [-0.4, -0.2) is 69.8 Å². The molecular weight excluding hydrogens is 384 g/mol. The van der Waals surface area contributed by atoms with Crippen molar-refractivity contribution >= 4 is 23.7 Å². The van der Waals surface area contributed by atoms with E-state index in [9.17, 15) is 29.4 Å².